The summed E-state index contributed by atoms with van der Waals surface area (Å²) in [6.07, 6.45) is 0. The molecule has 1 heterocycles. The van der Waals surface area contributed by atoms with Crippen molar-refractivity contribution in [3.8, 4) is 5.75 Å². The molecule has 0 aliphatic carbocycles. The number of carbonyl (C=O) groups excluding carboxylic acids is 1. The van der Waals surface area contributed by atoms with Crippen molar-refractivity contribution in [1.82, 2.24) is 0 Å². The average molecular weight is 301 g/mol. The fourth-order valence-corrected chi connectivity index (χ4v) is 1.98. The molecule has 1 aromatic heterocycles. The van der Waals surface area contributed by atoms with Gasteiger partial charge in [0.05, 0.1) is 5.56 Å². The molecular formula is C16H9ClO4. The summed E-state index contributed by atoms with van der Waals surface area (Å²) in [5.41, 5.74) is 0.0387. The van der Waals surface area contributed by atoms with Gasteiger partial charge >= 0.3 is 11.6 Å². The second kappa shape index (κ2) is 5.42. The van der Waals surface area contributed by atoms with E-state index in [0.29, 0.717) is 21.6 Å². The van der Waals surface area contributed by atoms with Crippen LogP contribution in [0.3, 0.4) is 0 Å². The topological polar surface area (TPSA) is 56.5 Å². The van der Waals surface area contributed by atoms with Crippen LogP contribution in [0.1, 0.15) is 10.4 Å². The number of carbonyl (C=O) groups is 1. The quantitative estimate of drug-likeness (QED) is 0.535. The van der Waals surface area contributed by atoms with Gasteiger partial charge in [-0.2, -0.15) is 0 Å². The van der Waals surface area contributed by atoms with Crippen LogP contribution >= 0.6 is 11.6 Å². The molecule has 4 nitrogen and oxygen atoms in total. The molecular weight excluding hydrogens is 292 g/mol. The number of ether oxygens (including phenoxy) is 1. The summed E-state index contributed by atoms with van der Waals surface area (Å²) >= 11 is 5.75. The number of fused-ring (bicyclic) bond motifs is 1. The minimum Gasteiger partial charge on any atom is -0.420 e. The van der Waals surface area contributed by atoms with Crippen molar-refractivity contribution in [3.05, 3.63) is 75.6 Å². The van der Waals surface area contributed by atoms with Crippen molar-refractivity contribution in [2.75, 3.05) is 0 Å². The predicted molar refractivity (Wildman–Crippen MR) is 78.9 cm³/mol. The van der Waals surface area contributed by atoms with Gasteiger partial charge in [-0.25, -0.2) is 9.59 Å². The lowest BCUT2D eigenvalue weighted by Crippen LogP contribution is -2.14. The lowest BCUT2D eigenvalue weighted by atomic mass is 10.2. The predicted octanol–water partition coefficient (Wildman–Crippen LogP) is 3.67. The standard InChI is InChI=1S/C16H9ClO4/c17-12-7-5-10(6-8-12)15(18)21-14-9-11-3-1-2-4-13(11)20-16(14)19/h1-9H. The molecule has 0 N–H and O–H groups in total. The Balaban J connectivity index is 1.94. The van der Waals surface area contributed by atoms with E-state index >= 15 is 0 Å². The van der Waals surface area contributed by atoms with E-state index in [4.69, 9.17) is 20.8 Å². The highest BCUT2D eigenvalue weighted by atomic mass is 35.5. The van der Waals surface area contributed by atoms with Crippen LogP contribution in [0.15, 0.2) is 63.8 Å². The first-order chi connectivity index (χ1) is 10.1. The molecule has 0 aliphatic rings. The van der Waals surface area contributed by atoms with Crippen LogP contribution in [0.4, 0.5) is 0 Å². The Bertz CT molecular complexity index is 865. The lowest BCUT2D eigenvalue weighted by molar-refractivity contribution is 0.0729. The summed E-state index contributed by atoms with van der Waals surface area (Å²) in [7, 11) is 0. The minimum absolute atomic E-state index is 0.145. The van der Waals surface area contributed by atoms with Gasteiger partial charge in [0.25, 0.3) is 0 Å². The third kappa shape index (κ3) is 2.80. The van der Waals surface area contributed by atoms with Gasteiger partial charge < -0.3 is 9.15 Å². The van der Waals surface area contributed by atoms with Crippen molar-refractivity contribution in [3.63, 3.8) is 0 Å². The number of benzene rings is 2. The van der Waals surface area contributed by atoms with Gasteiger partial charge in [0.15, 0.2) is 0 Å². The summed E-state index contributed by atoms with van der Waals surface area (Å²) in [6.45, 7) is 0. The number of hydrogen-bond donors (Lipinski definition) is 0. The zero-order chi connectivity index (χ0) is 14.8. The zero-order valence-corrected chi connectivity index (χ0v) is 11.5. The first-order valence-electron chi connectivity index (χ1n) is 6.14. The molecule has 0 spiro atoms. The first kappa shape index (κ1) is 13.4. The second-order valence-corrected chi connectivity index (χ2v) is 4.77. The first-order valence-corrected chi connectivity index (χ1v) is 6.52. The lowest BCUT2D eigenvalue weighted by Gasteiger charge is -2.04. The third-order valence-corrected chi connectivity index (χ3v) is 3.14. The normalized spacial score (nSPS) is 10.5. The zero-order valence-electron chi connectivity index (χ0n) is 10.7. The van der Waals surface area contributed by atoms with Crippen molar-refractivity contribution in [2.24, 2.45) is 0 Å². The van der Waals surface area contributed by atoms with Gasteiger partial charge in [-0.05, 0) is 36.4 Å². The molecule has 0 saturated heterocycles. The van der Waals surface area contributed by atoms with Crippen molar-refractivity contribution in [2.45, 2.75) is 0 Å². The van der Waals surface area contributed by atoms with Crippen LogP contribution in [-0.2, 0) is 0 Å². The highest BCUT2D eigenvalue weighted by Crippen LogP contribution is 2.18. The van der Waals surface area contributed by atoms with Crippen LogP contribution in [0.5, 0.6) is 5.75 Å². The van der Waals surface area contributed by atoms with Crippen LogP contribution in [0.25, 0.3) is 11.0 Å². The molecule has 0 radical (unpaired) electrons. The van der Waals surface area contributed by atoms with Gasteiger partial charge in [-0.1, -0.05) is 29.8 Å². The molecule has 0 atom stereocenters. The van der Waals surface area contributed by atoms with Crippen LogP contribution in [0.2, 0.25) is 5.02 Å². The molecule has 0 unspecified atom stereocenters. The van der Waals surface area contributed by atoms with Gasteiger partial charge in [0.2, 0.25) is 5.75 Å². The maximum Gasteiger partial charge on any atom is 0.379 e. The maximum atomic E-state index is 12.0. The molecule has 2 aromatic carbocycles. The van der Waals surface area contributed by atoms with E-state index in [9.17, 15) is 9.59 Å². The maximum absolute atomic E-state index is 12.0. The Labute approximate surface area is 124 Å². The molecule has 0 amide bonds. The SMILES string of the molecule is O=C(Oc1cc2ccccc2oc1=O)c1ccc(Cl)cc1. The van der Waals surface area contributed by atoms with Gasteiger partial charge in [-0.3, -0.25) is 0 Å². The molecule has 0 fully saturated rings. The molecule has 0 bridgehead atoms. The monoisotopic (exact) mass is 300 g/mol. The third-order valence-electron chi connectivity index (χ3n) is 2.89. The van der Waals surface area contributed by atoms with E-state index in [2.05, 4.69) is 0 Å². The van der Waals surface area contributed by atoms with Crippen molar-refractivity contribution < 1.29 is 13.9 Å². The fourth-order valence-electron chi connectivity index (χ4n) is 1.86. The highest BCUT2D eigenvalue weighted by molar-refractivity contribution is 6.30. The molecule has 21 heavy (non-hydrogen) atoms. The summed E-state index contributed by atoms with van der Waals surface area (Å²) in [4.78, 5) is 23.8. The van der Waals surface area contributed by atoms with Crippen LogP contribution in [0, 0.1) is 0 Å². The molecule has 5 heteroatoms. The van der Waals surface area contributed by atoms with Gasteiger partial charge in [-0.15, -0.1) is 0 Å². The summed E-state index contributed by atoms with van der Waals surface area (Å²) in [5, 5.41) is 1.19. The van der Waals surface area contributed by atoms with Crippen LogP contribution in [-0.4, -0.2) is 5.97 Å². The van der Waals surface area contributed by atoms with Crippen LogP contribution < -0.4 is 10.4 Å². The largest absolute Gasteiger partial charge is 0.420 e. The second-order valence-electron chi connectivity index (χ2n) is 4.33. The Hall–Kier alpha value is -2.59. The van der Waals surface area contributed by atoms with E-state index in [0.717, 1.165) is 0 Å². The summed E-state index contributed by atoms with van der Waals surface area (Å²) in [6, 6.07) is 14.6. The minimum atomic E-state index is -0.698. The smallest absolute Gasteiger partial charge is 0.379 e. The fraction of sp³-hybridized carbons (Fsp3) is 0. The van der Waals surface area contributed by atoms with Gasteiger partial charge in [0, 0.05) is 10.4 Å². The number of para-hydroxylation sites is 1. The van der Waals surface area contributed by atoms with Crippen molar-refractivity contribution >= 4 is 28.5 Å². The highest BCUT2D eigenvalue weighted by Gasteiger charge is 2.13. The van der Waals surface area contributed by atoms with E-state index in [1.807, 2.05) is 0 Å². The Morgan fingerprint density at radius 3 is 2.52 bits per heavy atom. The molecule has 3 rings (SSSR count). The molecule has 0 aliphatic heterocycles. The molecule has 0 saturated carbocycles. The van der Waals surface area contributed by atoms with Crippen molar-refractivity contribution in [1.29, 1.82) is 0 Å². The molecule has 3 aromatic rings. The van der Waals surface area contributed by atoms with E-state index < -0.39 is 11.6 Å². The average Bonchev–Trinajstić information content (AvgIpc) is 2.48. The van der Waals surface area contributed by atoms with E-state index in [1.54, 1.807) is 36.4 Å². The van der Waals surface area contributed by atoms with E-state index in [-0.39, 0.29) is 5.75 Å². The summed E-state index contributed by atoms with van der Waals surface area (Å²) < 4.78 is 10.2. The molecule has 104 valence electrons. The Morgan fingerprint density at radius 1 is 1.05 bits per heavy atom. The number of halogens is 1. The Morgan fingerprint density at radius 2 is 1.76 bits per heavy atom. The summed E-state index contributed by atoms with van der Waals surface area (Å²) in [5.74, 6) is -0.789. The van der Waals surface area contributed by atoms with E-state index in [1.165, 1.54) is 18.2 Å². The van der Waals surface area contributed by atoms with Gasteiger partial charge in [0.1, 0.15) is 5.58 Å². The number of hydrogen-bond acceptors (Lipinski definition) is 4. The Kier molecular flexibility index (Phi) is 3.46. The number of esters is 1. The number of rotatable bonds is 2.